The van der Waals surface area contributed by atoms with E-state index in [1.165, 1.54) is 7.11 Å². The maximum atomic E-state index is 11.5. The van der Waals surface area contributed by atoms with E-state index in [0.717, 1.165) is 9.26 Å². The van der Waals surface area contributed by atoms with E-state index in [1.54, 1.807) is 13.8 Å². The minimum Gasteiger partial charge on any atom is -0.465 e. The van der Waals surface area contributed by atoms with Crippen molar-refractivity contribution in [3.63, 3.8) is 0 Å². The first-order chi connectivity index (χ1) is 6.49. The van der Waals surface area contributed by atoms with E-state index in [1.807, 2.05) is 0 Å². The van der Waals surface area contributed by atoms with Crippen LogP contribution in [0.2, 0.25) is 0 Å². The van der Waals surface area contributed by atoms with Gasteiger partial charge in [-0.25, -0.2) is 4.79 Å². The number of carbonyl (C=O) groups is 1. The molecule has 4 nitrogen and oxygen atoms in total. The lowest BCUT2D eigenvalue weighted by molar-refractivity contribution is 0.0597. The molecule has 0 bridgehead atoms. The topological polar surface area (TPSA) is 59.2 Å². The molecule has 0 saturated heterocycles. The lowest BCUT2D eigenvalue weighted by Crippen LogP contribution is -2.22. The van der Waals surface area contributed by atoms with E-state index in [9.17, 15) is 9.59 Å². The Labute approximate surface area is 94.8 Å². The van der Waals surface area contributed by atoms with Gasteiger partial charge in [0, 0.05) is 9.26 Å². The molecule has 1 aromatic heterocycles. The summed E-state index contributed by atoms with van der Waals surface area (Å²) in [6.45, 7) is 3.52. The minimum atomic E-state index is -0.596. The molecule has 1 N–H and O–H groups in total. The first-order valence-electron chi connectivity index (χ1n) is 3.96. The Morgan fingerprint density at radius 1 is 1.43 bits per heavy atom. The monoisotopic (exact) mass is 307 g/mol. The largest absolute Gasteiger partial charge is 0.465 e. The second kappa shape index (κ2) is 4.12. The molecule has 0 unspecified atom stereocenters. The number of aromatic amines is 1. The Balaban J connectivity index is 3.52. The minimum absolute atomic E-state index is 0.0856. The molecule has 0 atom stereocenters. The zero-order valence-electron chi connectivity index (χ0n) is 8.10. The molecule has 1 aromatic rings. The molecule has 0 aliphatic rings. The summed E-state index contributed by atoms with van der Waals surface area (Å²) < 4.78 is 5.41. The normalized spacial score (nSPS) is 10.0. The Kier molecular flexibility index (Phi) is 3.30. The zero-order valence-corrected chi connectivity index (χ0v) is 10.3. The van der Waals surface area contributed by atoms with Crippen LogP contribution in [0.3, 0.4) is 0 Å². The van der Waals surface area contributed by atoms with Crippen molar-refractivity contribution >= 4 is 28.6 Å². The number of esters is 1. The maximum Gasteiger partial charge on any atom is 0.343 e. The molecule has 1 heterocycles. The fraction of sp³-hybridized carbons (Fsp3) is 0.333. The number of methoxy groups -OCH3 is 1. The second-order valence-corrected chi connectivity index (χ2v) is 3.96. The van der Waals surface area contributed by atoms with Gasteiger partial charge in [0.15, 0.2) is 0 Å². The smallest absolute Gasteiger partial charge is 0.343 e. The average molecular weight is 307 g/mol. The summed E-state index contributed by atoms with van der Waals surface area (Å²) in [4.78, 5) is 25.3. The van der Waals surface area contributed by atoms with Crippen molar-refractivity contribution in [1.29, 1.82) is 0 Å². The third kappa shape index (κ3) is 1.82. The van der Waals surface area contributed by atoms with E-state index in [0.29, 0.717) is 5.56 Å². The van der Waals surface area contributed by atoms with Gasteiger partial charge < -0.3 is 9.72 Å². The summed E-state index contributed by atoms with van der Waals surface area (Å²) in [5, 5.41) is 0. The highest BCUT2D eigenvalue weighted by molar-refractivity contribution is 14.1. The van der Waals surface area contributed by atoms with Crippen molar-refractivity contribution in [2.75, 3.05) is 7.11 Å². The van der Waals surface area contributed by atoms with Gasteiger partial charge in [0.05, 0.1) is 7.11 Å². The molecule has 0 aliphatic carbocycles. The highest BCUT2D eigenvalue weighted by atomic mass is 127. The third-order valence-electron chi connectivity index (χ3n) is 1.95. The van der Waals surface area contributed by atoms with Crippen molar-refractivity contribution in [1.82, 2.24) is 4.98 Å². The number of hydrogen-bond acceptors (Lipinski definition) is 3. The van der Waals surface area contributed by atoms with E-state index >= 15 is 0 Å². The predicted molar refractivity (Wildman–Crippen MR) is 60.6 cm³/mol. The van der Waals surface area contributed by atoms with Gasteiger partial charge in [-0.05, 0) is 42.0 Å². The summed E-state index contributed by atoms with van der Waals surface area (Å²) in [5.74, 6) is -0.596. The molecule has 0 saturated carbocycles. The first kappa shape index (κ1) is 11.2. The van der Waals surface area contributed by atoms with Crippen molar-refractivity contribution in [3.8, 4) is 0 Å². The second-order valence-electron chi connectivity index (χ2n) is 2.88. The molecule has 1 rings (SSSR count). The Morgan fingerprint density at radius 3 is 2.50 bits per heavy atom. The third-order valence-corrected chi connectivity index (χ3v) is 3.57. The fourth-order valence-corrected chi connectivity index (χ4v) is 1.60. The standard InChI is InChI=1S/C9H10INO3/c1-4-6(9(13)14-3)8(12)11-5(2)7(4)10/h1-3H3,(H,11,12). The number of aryl methyl sites for hydroxylation is 1. The number of pyridine rings is 1. The van der Waals surface area contributed by atoms with Gasteiger partial charge in [0.2, 0.25) is 0 Å². The van der Waals surface area contributed by atoms with Crippen molar-refractivity contribution in [2.45, 2.75) is 13.8 Å². The van der Waals surface area contributed by atoms with Crippen LogP contribution in [0.5, 0.6) is 0 Å². The molecule has 0 spiro atoms. The summed E-state index contributed by atoms with van der Waals surface area (Å²) in [7, 11) is 1.26. The van der Waals surface area contributed by atoms with E-state index < -0.39 is 11.5 Å². The Morgan fingerprint density at radius 2 is 2.00 bits per heavy atom. The van der Waals surface area contributed by atoms with Crippen LogP contribution in [0.4, 0.5) is 0 Å². The number of hydrogen-bond donors (Lipinski definition) is 1. The summed E-state index contributed by atoms with van der Waals surface area (Å²) in [5.41, 5.74) is 1.12. The van der Waals surface area contributed by atoms with Crippen LogP contribution < -0.4 is 5.56 Å². The Hall–Kier alpha value is -0.850. The molecule has 5 heteroatoms. The number of rotatable bonds is 1. The number of halogens is 1. The SMILES string of the molecule is COC(=O)c1c(C)c(I)c(C)[nH]c1=O. The van der Waals surface area contributed by atoms with Gasteiger partial charge in [-0.15, -0.1) is 0 Å². The Bertz CT molecular complexity index is 436. The quantitative estimate of drug-likeness (QED) is 0.630. The number of nitrogens with one attached hydrogen (secondary N) is 1. The van der Waals surface area contributed by atoms with Crippen LogP contribution in [0.15, 0.2) is 4.79 Å². The molecule has 0 amide bonds. The highest BCUT2D eigenvalue weighted by Gasteiger charge is 2.17. The summed E-state index contributed by atoms with van der Waals surface area (Å²) >= 11 is 2.08. The lowest BCUT2D eigenvalue weighted by Gasteiger charge is -2.06. The van der Waals surface area contributed by atoms with Crippen LogP contribution in [0, 0.1) is 17.4 Å². The van der Waals surface area contributed by atoms with E-state index in [4.69, 9.17) is 0 Å². The summed E-state index contributed by atoms with van der Waals surface area (Å²) in [6, 6.07) is 0. The van der Waals surface area contributed by atoms with Crippen molar-refractivity contribution in [2.24, 2.45) is 0 Å². The molecule has 0 aromatic carbocycles. The zero-order chi connectivity index (χ0) is 10.9. The van der Waals surface area contributed by atoms with Gasteiger partial charge in [0.25, 0.3) is 5.56 Å². The van der Waals surface area contributed by atoms with Gasteiger partial charge in [-0.2, -0.15) is 0 Å². The molecular weight excluding hydrogens is 297 g/mol. The van der Waals surface area contributed by atoms with Gasteiger partial charge in [-0.1, -0.05) is 0 Å². The van der Waals surface area contributed by atoms with E-state index in [2.05, 4.69) is 32.3 Å². The van der Waals surface area contributed by atoms with Crippen LogP contribution >= 0.6 is 22.6 Å². The van der Waals surface area contributed by atoms with E-state index in [-0.39, 0.29) is 5.56 Å². The van der Waals surface area contributed by atoms with Crippen molar-refractivity contribution in [3.05, 3.63) is 30.7 Å². The summed E-state index contributed by atoms with van der Waals surface area (Å²) in [6.07, 6.45) is 0. The molecular formula is C9H10INO3. The van der Waals surface area contributed by atoms with Gasteiger partial charge >= 0.3 is 5.97 Å². The van der Waals surface area contributed by atoms with Crippen LogP contribution in [0.1, 0.15) is 21.6 Å². The van der Waals surface area contributed by atoms with Gasteiger partial charge in [-0.3, -0.25) is 4.79 Å². The highest BCUT2D eigenvalue weighted by Crippen LogP contribution is 2.15. The average Bonchev–Trinajstić information content (AvgIpc) is 2.14. The maximum absolute atomic E-state index is 11.5. The number of H-pyrrole nitrogens is 1. The number of ether oxygens (including phenoxy) is 1. The van der Waals surface area contributed by atoms with Crippen LogP contribution in [-0.2, 0) is 4.74 Å². The molecule has 0 radical (unpaired) electrons. The molecule has 0 aliphatic heterocycles. The van der Waals surface area contributed by atoms with Crippen LogP contribution in [0.25, 0.3) is 0 Å². The van der Waals surface area contributed by atoms with Crippen molar-refractivity contribution < 1.29 is 9.53 Å². The first-order valence-corrected chi connectivity index (χ1v) is 5.04. The number of aromatic nitrogens is 1. The number of carbonyl (C=O) groups excluding carboxylic acids is 1. The molecule has 14 heavy (non-hydrogen) atoms. The molecule has 0 fully saturated rings. The lowest BCUT2D eigenvalue weighted by atomic mass is 10.1. The molecule has 76 valence electrons. The van der Waals surface area contributed by atoms with Crippen LogP contribution in [-0.4, -0.2) is 18.1 Å². The predicted octanol–water partition coefficient (Wildman–Crippen LogP) is 1.38. The van der Waals surface area contributed by atoms with Gasteiger partial charge in [0.1, 0.15) is 5.56 Å². The fourth-order valence-electron chi connectivity index (χ4n) is 1.20.